The van der Waals surface area contributed by atoms with Crippen molar-refractivity contribution in [2.75, 3.05) is 26.0 Å². The number of para-hydroxylation sites is 1. The Bertz CT molecular complexity index is 957. The second kappa shape index (κ2) is 7.80. The van der Waals surface area contributed by atoms with Gasteiger partial charge in [-0.05, 0) is 53.1 Å². The van der Waals surface area contributed by atoms with E-state index >= 15 is 0 Å². The highest BCUT2D eigenvalue weighted by Crippen LogP contribution is 2.30. The number of anilines is 1. The first kappa shape index (κ1) is 19.5. The molecule has 1 atom stereocenters. The Labute approximate surface area is 165 Å². The number of rotatable bonds is 5. The minimum atomic E-state index is -0.400. The first-order valence-corrected chi connectivity index (χ1v) is 9.16. The number of amides is 1. The molecule has 0 saturated heterocycles. The second-order valence-electron chi connectivity index (χ2n) is 7.21. The first-order valence-electron chi connectivity index (χ1n) is 9.16. The molecule has 0 radical (unpaired) electrons. The zero-order chi connectivity index (χ0) is 20.4. The number of tetrazole rings is 1. The van der Waals surface area contributed by atoms with E-state index in [1.165, 1.54) is 0 Å². The molecular weight excluding hydrogens is 352 g/mol. The molecule has 0 aliphatic carbocycles. The predicted octanol–water partition coefficient (Wildman–Crippen LogP) is 2.91. The monoisotopic (exact) mass is 378 g/mol. The number of aromatic nitrogens is 4. The van der Waals surface area contributed by atoms with Gasteiger partial charge in [0.05, 0.1) is 5.69 Å². The Morgan fingerprint density at radius 3 is 2.14 bits per heavy atom. The molecule has 2 aromatic carbocycles. The Morgan fingerprint density at radius 1 is 1.00 bits per heavy atom. The molecule has 0 aliphatic heterocycles. The van der Waals surface area contributed by atoms with Crippen LogP contribution in [0.25, 0.3) is 5.69 Å². The van der Waals surface area contributed by atoms with Crippen molar-refractivity contribution in [2.24, 2.45) is 0 Å². The van der Waals surface area contributed by atoms with Crippen molar-refractivity contribution in [3.05, 3.63) is 65.0 Å². The van der Waals surface area contributed by atoms with Crippen molar-refractivity contribution >= 4 is 11.6 Å². The molecular formula is C21H26N6O. The van der Waals surface area contributed by atoms with Crippen molar-refractivity contribution in [1.29, 1.82) is 0 Å². The van der Waals surface area contributed by atoms with Gasteiger partial charge in [0.2, 0.25) is 5.91 Å². The highest BCUT2D eigenvalue weighted by atomic mass is 16.2. The summed E-state index contributed by atoms with van der Waals surface area (Å²) in [6.07, 6.45) is 0. The molecule has 0 saturated carbocycles. The van der Waals surface area contributed by atoms with Crippen LogP contribution < -0.4 is 4.90 Å². The maximum Gasteiger partial charge on any atom is 0.220 e. The van der Waals surface area contributed by atoms with E-state index < -0.39 is 6.04 Å². The van der Waals surface area contributed by atoms with E-state index in [0.29, 0.717) is 5.82 Å². The number of carbonyl (C=O) groups is 1. The fourth-order valence-electron chi connectivity index (χ4n) is 3.35. The van der Waals surface area contributed by atoms with Crippen LogP contribution in [0, 0.1) is 13.8 Å². The number of carbonyl (C=O) groups excluding carboxylic acids is 1. The third-order valence-corrected chi connectivity index (χ3v) is 5.00. The third kappa shape index (κ3) is 3.60. The molecule has 0 spiro atoms. The van der Waals surface area contributed by atoms with E-state index in [4.69, 9.17) is 0 Å². The molecule has 0 fully saturated rings. The van der Waals surface area contributed by atoms with Crippen molar-refractivity contribution in [1.82, 2.24) is 25.1 Å². The van der Waals surface area contributed by atoms with Gasteiger partial charge in [-0.25, -0.2) is 0 Å². The maximum absolute atomic E-state index is 12.3. The summed E-state index contributed by atoms with van der Waals surface area (Å²) in [6, 6.07) is 13.8. The Kier molecular flexibility index (Phi) is 5.44. The lowest BCUT2D eigenvalue weighted by atomic mass is 10.0. The van der Waals surface area contributed by atoms with Gasteiger partial charge < -0.3 is 9.80 Å². The average Bonchev–Trinajstić information content (AvgIpc) is 3.11. The lowest BCUT2D eigenvalue weighted by Gasteiger charge is -2.27. The van der Waals surface area contributed by atoms with Crippen LogP contribution in [-0.4, -0.2) is 52.2 Å². The minimum Gasteiger partial charge on any atom is -0.378 e. The molecule has 146 valence electrons. The van der Waals surface area contributed by atoms with E-state index in [9.17, 15) is 4.79 Å². The quantitative estimate of drug-likeness (QED) is 0.683. The summed E-state index contributed by atoms with van der Waals surface area (Å²) in [4.78, 5) is 16.0. The van der Waals surface area contributed by atoms with Gasteiger partial charge >= 0.3 is 0 Å². The topological polar surface area (TPSA) is 67.2 Å². The number of hydrogen-bond acceptors (Lipinski definition) is 5. The van der Waals surface area contributed by atoms with Crippen molar-refractivity contribution in [3.63, 3.8) is 0 Å². The van der Waals surface area contributed by atoms with Crippen LogP contribution in [-0.2, 0) is 4.79 Å². The molecule has 3 aromatic rings. The fraction of sp³-hybridized carbons (Fsp3) is 0.333. The van der Waals surface area contributed by atoms with Gasteiger partial charge in [0.1, 0.15) is 6.04 Å². The van der Waals surface area contributed by atoms with Gasteiger partial charge in [0.25, 0.3) is 0 Å². The molecule has 0 unspecified atom stereocenters. The van der Waals surface area contributed by atoms with Crippen LogP contribution >= 0.6 is 0 Å². The van der Waals surface area contributed by atoms with Crippen LogP contribution in [0.3, 0.4) is 0 Å². The number of aryl methyl sites for hydroxylation is 2. The van der Waals surface area contributed by atoms with Gasteiger partial charge in [-0.1, -0.05) is 30.3 Å². The fourth-order valence-corrected chi connectivity index (χ4v) is 3.35. The second-order valence-corrected chi connectivity index (χ2v) is 7.21. The number of hydrogen-bond donors (Lipinski definition) is 0. The third-order valence-electron chi connectivity index (χ3n) is 5.00. The zero-order valence-electron chi connectivity index (χ0n) is 17.2. The number of benzene rings is 2. The Morgan fingerprint density at radius 2 is 1.61 bits per heavy atom. The highest BCUT2D eigenvalue weighted by molar-refractivity contribution is 5.74. The van der Waals surface area contributed by atoms with Crippen LogP contribution in [0.2, 0.25) is 0 Å². The van der Waals surface area contributed by atoms with Crippen LogP contribution in [0.5, 0.6) is 0 Å². The van der Waals surface area contributed by atoms with E-state index in [-0.39, 0.29) is 5.91 Å². The molecule has 7 heteroatoms. The SMILES string of the molecule is CC(=O)N(C)[C@H](c1ccc(N(C)C)cc1)c1nnnn1-c1c(C)cccc1C. The minimum absolute atomic E-state index is 0.0576. The largest absolute Gasteiger partial charge is 0.378 e. The smallest absolute Gasteiger partial charge is 0.220 e. The van der Waals surface area contributed by atoms with E-state index in [2.05, 4.69) is 15.5 Å². The maximum atomic E-state index is 12.3. The van der Waals surface area contributed by atoms with Crippen LogP contribution in [0.15, 0.2) is 42.5 Å². The summed E-state index contributed by atoms with van der Waals surface area (Å²) >= 11 is 0. The lowest BCUT2D eigenvalue weighted by molar-refractivity contribution is -0.129. The summed E-state index contributed by atoms with van der Waals surface area (Å²) in [6.45, 7) is 5.61. The van der Waals surface area contributed by atoms with Crippen LogP contribution in [0.1, 0.15) is 35.5 Å². The van der Waals surface area contributed by atoms with E-state index in [1.54, 1.807) is 23.6 Å². The van der Waals surface area contributed by atoms with E-state index in [0.717, 1.165) is 28.1 Å². The standard InChI is InChI=1S/C21H26N6O/c1-14-8-7-9-15(2)19(14)27-21(22-23-24-27)20(26(6)16(3)28)17-10-12-18(13-11-17)25(4)5/h7-13,20H,1-6H3/t20-/m1/s1. The first-order chi connectivity index (χ1) is 13.3. The van der Waals surface area contributed by atoms with Gasteiger partial charge in [-0.15, -0.1) is 5.10 Å². The zero-order valence-corrected chi connectivity index (χ0v) is 17.2. The highest BCUT2D eigenvalue weighted by Gasteiger charge is 2.28. The number of nitrogens with zero attached hydrogens (tertiary/aromatic N) is 6. The molecule has 3 rings (SSSR count). The molecule has 1 aromatic heterocycles. The molecule has 0 aliphatic rings. The van der Waals surface area contributed by atoms with Gasteiger partial charge in [0, 0.05) is 33.8 Å². The summed E-state index contributed by atoms with van der Waals surface area (Å²) in [5.41, 5.74) is 5.11. The summed E-state index contributed by atoms with van der Waals surface area (Å²) in [7, 11) is 5.77. The average molecular weight is 378 g/mol. The molecule has 1 amide bonds. The molecule has 1 heterocycles. The lowest BCUT2D eigenvalue weighted by Crippen LogP contribution is -2.32. The van der Waals surface area contributed by atoms with E-state index in [1.807, 2.05) is 75.3 Å². The molecule has 0 bridgehead atoms. The molecule has 28 heavy (non-hydrogen) atoms. The summed E-state index contributed by atoms with van der Waals surface area (Å²) in [5.74, 6) is 0.547. The van der Waals surface area contributed by atoms with Gasteiger partial charge in [0.15, 0.2) is 5.82 Å². The summed E-state index contributed by atoms with van der Waals surface area (Å²) < 4.78 is 1.74. The van der Waals surface area contributed by atoms with Crippen LogP contribution in [0.4, 0.5) is 5.69 Å². The molecule has 0 N–H and O–H groups in total. The summed E-state index contributed by atoms with van der Waals surface area (Å²) in [5, 5.41) is 12.5. The van der Waals surface area contributed by atoms with Crippen molar-refractivity contribution in [2.45, 2.75) is 26.8 Å². The van der Waals surface area contributed by atoms with Crippen molar-refractivity contribution < 1.29 is 4.79 Å². The predicted molar refractivity (Wildman–Crippen MR) is 110 cm³/mol. The van der Waals surface area contributed by atoms with Gasteiger partial charge in [-0.3, -0.25) is 4.79 Å². The normalized spacial score (nSPS) is 11.9. The Hall–Kier alpha value is -3.22. The molecule has 7 nitrogen and oxygen atoms in total. The Balaban J connectivity index is 2.16. The van der Waals surface area contributed by atoms with Crippen molar-refractivity contribution in [3.8, 4) is 5.69 Å². The van der Waals surface area contributed by atoms with Gasteiger partial charge in [-0.2, -0.15) is 4.68 Å².